The van der Waals surface area contributed by atoms with E-state index in [2.05, 4.69) is 15.5 Å². The van der Waals surface area contributed by atoms with E-state index in [0.717, 1.165) is 0 Å². The van der Waals surface area contributed by atoms with Gasteiger partial charge in [-0.25, -0.2) is 5.43 Å². The second-order valence-corrected chi connectivity index (χ2v) is 3.72. The largest absolute Gasteiger partial charge is 0.504 e. The highest BCUT2D eigenvalue weighted by Gasteiger charge is 2.16. The fraction of sp³-hybridized carbons (Fsp3) is 0.0833. The van der Waals surface area contributed by atoms with E-state index >= 15 is 0 Å². The first-order valence-electron chi connectivity index (χ1n) is 5.40. The fourth-order valence-corrected chi connectivity index (χ4v) is 1.63. The molecule has 7 heteroatoms. The summed E-state index contributed by atoms with van der Waals surface area (Å²) in [5, 5.41) is 22.5. The number of hydrogen-bond donors (Lipinski definition) is 4. The summed E-state index contributed by atoms with van der Waals surface area (Å²) in [6, 6.07) is 2.67. The van der Waals surface area contributed by atoms with Crippen molar-refractivity contribution in [2.45, 2.75) is 6.92 Å². The smallest absolute Gasteiger partial charge is 0.276 e. The van der Waals surface area contributed by atoms with Gasteiger partial charge in [-0.3, -0.25) is 9.59 Å². The van der Waals surface area contributed by atoms with Gasteiger partial charge in [0.1, 0.15) is 5.56 Å². The Hall–Kier alpha value is -2.83. The van der Waals surface area contributed by atoms with Crippen LogP contribution in [0.15, 0.2) is 28.2 Å². The number of benzene rings is 1. The first-order chi connectivity index (χ1) is 9.06. The molecule has 19 heavy (non-hydrogen) atoms. The van der Waals surface area contributed by atoms with Gasteiger partial charge in [0.2, 0.25) is 5.43 Å². The third-order valence-electron chi connectivity index (χ3n) is 2.54. The number of fused-ring (bicyclic) bond motifs is 1. The van der Waals surface area contributed by atoms with Crippen LogP contribution >= 0.6 is 0 Å². The number of aromatic amines is 1. The quantitative estimate of drug-likeness (QED) is 0.361. The van der Waals surface area contributed by atoms with Gasteiger partial charge in [-0.05, 0) is 19.1 Å². The van der Waals surface area contributed by atoms with Crippen LogP contribution in [0, 0.1) is 0 Å². The first kappa shape index (κ1) is 12.6. The monoisotopic (exact) mass is 261 g/mol. The van der Waals surface area contributed by atoms with Crippen LogP contribution in [0.2, 0.25) is 0 Å². The van der Waals surface area contributed by atoms with Crippen LogP contribution in [-0.2, 0) is 0 Å². The molecule has 0 aliphatic carbocycles. The number of amides is 1. The van der Waals surface area contributed by atoms with Gasteiger partial charge in [0.25, 0.3) is 5.91 Å². The molecule has 0 saturated heterocycles. The minimum Gasteiger partial charge on any atom is -0.504 e. The number of rotatable bonds is 2. The zero-order chi connectivity index (χ0) is 14.0. The van der Waals surface area contributed by atoms with E-state index in [0.29, 0.717) is 5.52 Å². The highest BCUT2D eigenvalue weighted by atomic mass is 16.3. The van der Waals surface area contributed by atoms with E-state index in [4.69, 9.17) is 0 Å². The van der Waals surface area contributed by atoms with Crippen LogP contribution in [0.1, 0.15) is 17.3 Å². The molecule has 0 radical (unpaired) electrons. The van der Waals surface area contributed by atoms with Gasteiger partial charge in [-0.1, -0.05) is 0 Å². The zero-order valence-electron chi connectivity index (χ0n) is 9.97. The highest BCUT2D eigenvalue weighted by Crippen LogP contribution is 2.30. The van der Waals surface area contributed by atoms with Gasteiger partial charge in [-0.15, -0.1) is 0 Å². The number of nitrogens with one attached hydrogen (secondary N) is 2. The average molecular weight is 261 g/mol. The SMILES string of the molecule is C/C=N\NC(=O)c1c[nH]c2ccc(O)c(O)c2c1=O. The number of carbonyl (C=O) groups excluding carboxylic acids is 1. The van der Waals surface area contributed by atoms with Gasteiger partial charge in [0, 0.05) is 12.4 Å². The molecule has 2 rings (SSSR count). The third kappa shape index (κ3) is 2.13. The van der Waals surface area contributed by atoms with Crippen LogP contribution in [0.3, 0.4) is 0 Å². The van der Waals surface area contributed by atoms with Crippen LogP contribution in [0.25, 0.3) is 10.9 Å². The lowest BCUT2D eigenvalue weighted by Gasteiger charge is -2.05. The summed E-state index contributed by atoms with van der Waals surface area (Å²) in [6.45, 7) is 1.61. The molecule has 0 aliphatic rings. The molecule has 0 spiro atoms. The molecule has 0 fully saturated rings. The molecule has 2 aromatic rings. The number of carbonyl (C=O) groups is 1. The molecule has 1 amide bonds. The minimum absolute atomic E-state index is 0.145. The van der Waals surface area contributed by atoms with E-state index in [-0.39, 0.29) is 10.9 Å². The highest BCUT2D eigenvalue weighted by molar-refractivity contribution is 5.98. The second kappa shape index (κ2) is 4.81. The van der Waals surface area contributed by atoms with Crippen molar-refractivity contribution in [3.05, 3.63) is 34.1 Å². The molecule has 1 aromatic heterocycles. The molecule has 1 aromatic carbocycles. The molecule has 0 aliphatic heterocycles. The van der Waals surface area contributed by atoms with Crippen molar-refractivity contribution in [3.63, 3.8) is 0 Å². The van der Waals surface area contributed by atoms with Gasteiger partial charge in [0.05, 0.1) is 10.9 Å². The van der Waals surface area contributed by atoms with Gasteiger partial charge in [0.15, 0.2) is 11.5 Å². The summed E-state index contributed by atoms with van der Waals surface area (Å²) in [4.78, 5) is 26.5. The minimum atomic E-state index is -0.705. The predicted molar refractivity (Wildman–Crippen MR) is 69.5 cm³/mol. The Morgan fingerprint density at radius 3 is 2.84 bits per heavy atom. The Labute approximate surface area is 107 Å². The maximum atomic E-state index is 12.1. The van der Waals surface area contributed by atoms with E-state index in [1.807, 2.05) is 0 Å². The van der Waals surface area contributed by atoms with Crippen LogP contribution in [0.4, 0.5) is 0 Å². The summed E-state index contributed by atoms with van der Waals surface area (Å²) in [6.07, 6.45) is 2.58. The normalized spacial score (nSPS) is 11.0. The molecule has 98 valence electrons. The Morgan fingerprint density at radius 2 is 2.16 bits per heavy atom. The Balaban J connectivity index is 2.66. The maximum Gasteiger partial charge on any atom is 0.276 e. The van der Waals surface area contributed by atoms with Crippen molar-refractivity contribution in [1.29, 1.82) is 0 Å². The lowest BCUT2D eigenvalue weighted by atomic mass is 10.1. The molecule has 0 unspecified atom stereocenters. The fourth-order valence-electron chi connectivity index (χ4n) is 1.63. The van der Waals surface area contributed by atoms with Gasteiger partial charge >= 0.3 is 0 Å². The molecule has 0 bridgehead atoms. The number of pyridine rings is 1. The van der Waals surface area contributed by atoms with Crippen molar-refractivity contribution in [2.75, 3.05) is 0 Å². The third-order valence-corrected chi connectivity index (χ3v) is 2.54. The van der Waals surface area contributed by atoms with Crippen molar-refractivity contribution < 1.29 is 15.0 Å². The summed E-state index contributed by atoms with van der Waals surface area (Å²) in [7, 11) is 0. The zero-order valence-corrected chi connectivity index (χ0v) is 9.97. The van der Waals surface area contributed by atoms with Crippen molar-refractivity contribution in [3.8, 4) is 11.5 Å². The molecule has 1 heterocycles. The first-order valence-corrected chi connectivity index (χ1v) is 5.40. The molecule has 7 nitrogen and oxygen atoms in total. The number of hydrazone groups is 1. The number of phenols is 2. The molecular weight excluding hydrogens is 250 g/mol. The molecule has 0 atom stereocenters. The summed E-state index contributed by atoms with van der Waals surface area (Å²) in [5.74, 6) is -1.70. The van der Waals surface area contributed by atoms with Crippen molar-refractivity contribution in [1.82, 2.24) is 10.4 Å². The maximum absolute atomic E-state index is 12.1. The van der Waals surface area contributed by atoms with Crippen LogP contribution < -0.4 is 10.9 Å². The standard InChI is InChI=1S/C12H11N3O4/c1-2-14-15-12(19)6-5-13-7-3-4-8(16)11(18)9(7)10(6)17/h2-5,16,18H,1H3,(H,13,17)(H,15,19)/b14-2-. The number of H-pyrrole nitrogens is 1. The summed E-state index contributed by atoms with van der Waals surface area (Å²) in [5.41, 5.74) is 1.57. The average Bonchev–Trinajstić information content (AvgIpc) is 2.40. The second-order valence-electron chi connectivity index (χ2n) is 3.72. The molecule has 4 N–H and O–H groups in total. The van der Waals surface area contributed by atoms with E-state index in [1.165, 1.54) is 24.5 Å². The van der Waals surface area contributed by atoms with E-state index < -0.39 is 22.8 Å². The van der Waals surface area contributed by atoms with Crippen LogP contribution in [0.5, 0.6) is 11.5 Å². The van der Waals surface area contributed by atoms with Crippen molar-refractivity contribution in [2.24, 2.45) is 5.10 Å². The number of phenolic OH excluding ortho intramolecular Hbond substituents is 2. The van der Waals surface area contributed by atoms with Crippen molar-refractivity contribution >= 4 is 23.0 Å². The van der Waals surface area contributed by atoms with Gasteiger partial charge in [-0.2, -0.15) is 5.10 Å². The van der Waals surface area contributed by atoms with E-state index in [1.54, 1.807) is 6.92 Å². The Kier molecular flexibility index (Phi) is 3.19. The van der Waals surface area contributed by atoms with E-state index in [9.17, 15) is 19.8 Å². The number of hydrogen-bond acceptors (Lipinski definition) is 5. The Morgan fingerprint density at radius 1 is 1.42 bits per heavy atom. The summed E-state index contributed by atoms with van der Waals surface area (Å²) >= 11 is 0. The predicted octanol–water partition coefficient (Wildman–Crippen LogP) is 0.675. The molecular formula is C12H11N3O4. The van der Waals surface area contributed by atoms with Gasteiger partial charge < -0.3 is 15.2 Å². The lowest BCUT2D eigenvalue weighted by molar-refractivity contribution is 0.0954. The Bertz CT molecular complexity index is 734. The number of aromatic nitrogens is 1. The van der Waals surface area contributed by atoms with Crippen LogP contribution in [-0.4, -0.2) is 27.3 Å². The molecule has 0 saturated carbocycles. The lowest BCUT2D eigenvalue weighted by Crippen LogP contribution is -2.25. The topological polar surface area (TPSA) is 115 Å². The summed E-state index contributed by atoms with van der Waals surface area (Å²) < 4.78 is 0. The number of aromatic hydroxyl groups is 2. The number of nitrogens with zero attached hydrogens (tertiary/aromatic N) is 1.